The van der Waals surface area contributed by atoms with Crippen molar-refractivity contribution in [1.82, 2.24) is 10.3 Å². The number of H-pyrrole nitrogens is 1. The smallest absolute Gasteiger partial charge is 0.253 e. The zero-order valence-corrected chi connectivity index (χ0v) is 17.4. The second kappa shape index (κ2) is 9.67. The molecule has 0 spiro atoms. The first-order chi connectivity index (χ1) is 12.3. The van der Waals surface area contributed by atoms with Gasteiger partial charge in [-0.2, -0.15) is 0 Å². The van der Waals surface area contributed by atoms with Gasteiger partial charge in [0.25, 0.3) is 5.56 Å². The van der Waals surface area contributed by atoms with Crippen LogP contribution in [0.3, 0.4) is 0 Å². The molecular weight excluding hydrogens is 385 g/mol. The molecular formula is C20H29Cl2N3O2. The molecule has 0 atom stereocenters. The second-order valence-electron chi connectivity index (χ2n) is 7.34. The average Bonchev–Trinajstić information content (AvgIpc) is 3.14. The van der Waals surface area contributed by atoms with Crippen molar-refractivity contribution >= 4 is 41.4 Å². The maximum atomic E-state index is 12.4. The van der Waals surface area contributed by atoms with Crippen molar-refractivity contribution in [2.45, 2.75) is 45.1 Å². The van der Waals surface area contributed by atoms with E-state index in [1.807, 2.05) is 0 Å². The highest BCUT2D eigenvalue weighted by molar-refractivity contribution is 5.98. The fourth-order valence-corrected chi connectivity index (χ4v) is 4.30. The molecule has 0 unspecified atom stereocenters. The predicted octanol–water partition coefficient (Wildman–Crippen LogP) is 4.02. The Morgan fingerprint density at radius 1 is 1.19 bits per heavy atom. The SMILES string of the molecule is COc1cc(CNCC2CCCC2)cc2[nH]c(=O)c3c(c12)NCCC3.Cl.Cl. The first-order valence-electron chi connectivity index (χ1n) is 9.46. The molecule has 1 aromatic carbocycles. The van der Waals surface area contributed by atoms with Crippen molar-refractivity contribution in [3.05, 3.63) is 33.6 Å². The van der Waals surface area contributed by atoms with Gasteiger partial charge in [-0.25, -0.2) is 0 Å². The zero-order valence-electron chi connectivity index (χ0n) is 15.7. The fourth-order valence-electron chi connectivity index (χ4n) is 4.30. The number of anilines is 1. The van der Waals surface area contributed by atoms with Gasteiger partial charge in [0.05, 0.1) is 23.7 Å². The van der Waals surface area contributed by atoms with E-state index in [1.165, 1.54) is 25.7 Å². The molecule has 2 aromatic rings. The third kappa shape index (κ3) is 4.53. The summed E-state index contributed by atoms with van der Waals surface area (Å²) in [7, 11) is 1.70. The summed E-state index contributed by atoms with van der Waals surface area (Å²) in [5.74, 6) is 1.65. The van der Waals surface area contributed by atoms with Crippen LogP contribution >= 0.6 is 24.8 Å². The van der Waals surface area contributed by atoms with Crippen molar-refractivity contribution in [2.75, 3.05) is 25.5 Å². The number of rotatable bonds is 5. The highest BCUT2D eigenvalue weighted by atomic mass is 35.5. The topological polar surface area (TPSA) is 66.1 Å². The molecule has 7 heteroatoms. The maximum absolute atomic E-state index is 12.4. The van der Waals surface area contributed by atoms with Crippen molar-refractivity contribution in [1.29, 1.82) is 0 Å². The van der Waals surface area contributed by atoms with Gasteiger partial charge in [0.2, 0.25) is 0 Å². The lowest BCUT2D eigenvalue weighted by Gasteiger charge is -2.21. The third-order valence-electron chi connectivity index (χ3n) is 5.60. The van der Waals surface area contributed by atoms with E-state index < -0.39 is 0 Å². The molecule has 150 valence electrons. The zero-order chi connectivity index (χ0) is 17.2. The quantitative estimate of drug-likeness (QED) is 0.692. The van der Waals surface area contributed by atoms with Crippen molar-refractivity contribution in [3.8, 4) is 5.75 Å². The van der Waals surface area contributed by atoms with Crippen molar-refractivity contribution < 1.29 is 4.74 Å². The van der Waals surface area contributed by atoms with E-state index in [4.69, 9.17) is 4.74 Å². The number of hydrogen-bond acceptors (Lipinski definition) is 4. The van der Waals surface area contributed by atoms with Crippen LogP contribution in [0.15, 0.2) is 16.9 Å². The molecule has 1 aliphatic heterocycles. The van der Waals surface area contributed by atoms with E-state index >= 15 is 0 Å². The van der Waals surface area contributed by atoms with Gasteiger partial charge in [0.15, 0.2) is 0 Å². The number of benzene rings is 1. The summed E-state index contributed by atoms with van der Waals surface area (Å²) in [5.41, 5.74) is 3.83. The molecule has 0 bridgehead atoms. The number of methoxy groups -OCH3 is 1. The minimum Gasteiger partial charge on any atom is -0.496 e. The van der Waals surface area contributed by atoms with Crippen LogP contribution in [-0.4, -0.2) is 25.2 Å². The van der Waals surface area contributed by atoms with E-state index in [0.717, 1.165) is 71.9 Å². The summed E-state index contributed by atoms with van der Waals surface area (Å²) < 4.78 is 5.66. The summed E-state index contributed by atoms with van der Waals surface area (Å²) in [5, 5.41) is 7.98. The Labute approximate surface area is 172 Å². The summed E-state index contributed by atoms with van der Waals surface area (Å²) in [6, 6.07) is 4.18. The van der Waals surface area contributed by atoms with Gasteiger partial charge in [-0.1, -0.05) is 12.8 Å². The number of aromatic nitrogens is 1. The number of fused-ring (bicyclic) bond motifs is 3. The lowest BCUT2D eigenvalue weighted by atomic mass is 9.99. The maximum Gasteiger partial charge on any atom is 0.253 e. The fraction of sp³-hybridized carbons (Fsp3) is 0.550. The second-order valence-corrected chi connectivity index (χ2v) is 7.34. The normalized spacial score (nSPS) is 16.2. The first kappa shape index (κ1) is 21.9. The average molecular weight is 414 g/mol. The number of pyridine rings is 1. The lowest BCUT2D eigenvalue weighted by Crippen LogP contribution is -2.23. The summed E-state index contributed by atoms with van der Waals surface area (Å²) >= 11 is 0. The number of ether oxygens (including phenoxy) is 1. The van der Waals surface area contributed by atoms with E-state index in [1.54, 1.807) is 7.11 Å². The molecule has 0 amide bonds. The minimum atomic E-state index is 0. The van der Waals surface area contributed by atoms with Gasteiger partial charge in [-0.3, -0.25) is 4.79 Å². The van der Waals surface area contributed by atoms with E-state index in [2.05, 4.69) is 27.8 Å². The van der Waals surface area contributed by atoms with Crippen LogP contribution in [0.1, 0.15) is 43.2 Å². The van der Waals surface area contributed by atoms with Gasteiger partial charge >= 0.3 is 0 Å². The largest absolute Gasteiger partial charge is 0.496 e. The van der Waals surface area contributed by atoms with Gasteiger partial charge < -0.3 is 20.4 Å². The number of aromatic amines is 1. The Balaban J connectivity index is 0.00000131. The van der Waals surface area contributed by atoms with Crippen LogP contribution in [0.5, 0.6) is 5.75 Å². The van der Waals surface area contributed by atoms with Crippen LogP contribution in [0, 0.1) is 5.92 Å². The molecule has 2 heterocycles. The molecule has 1 aliphatic carbocycles. The van der Waals surface area contributed by atoms with E-state index in [-0.39, 0.29) is 30.4 Å². The highest BCUT2D eigenvalue weighted by Crippen LogP contribution is 2.35. The standard InChI is InChI=1S/C20H27N3O2.2ClH/c1-25-17-10-14(12-21-11-13-5-2-3-6-13)9-16-18(17)19-15(20(24)23-16)7-4-8-22-19;;/h9-10,13,21-22H,2-8,11-12H2,1H3,(H,23,24);2*1H. The molecule has 4 rings (SSSR count). The van der Waals surface area contributed by atoms with Gasteiger partial charge in [-0.05, 0) is 55.8 Å². The Hall–Kier alpha value is -1.43. The van der Waals surface area contributed by atoms with Crippen LogP contribution < -0.4 is 20.9 Å². The molecule has 1 aromatic heterocycles. The highest BCUT2D eigenvalue weighted by Gasteiger charge is 2.20. The lowest BCUT2D eigenvalue weighted by molar-refractivity contribution is 0.418. The van der Waals surface area contributed by atoms with Gasteiger partial charge in [0.1, 0.15) is 5.75 Å². The third-order valence-corrected chi connectivity index (χ3v) is 5.60. The molecule has 1 saturated carbocycles. The van der Waals surface area contributed by atoms with E-state index in [9.17, 15) is 4.79 Å². The minimum absolute atomic E-state index is 0. The van der Waals surface area contributed by atoms with Crippen LogP contribution in [0.4, 0.5) is 5.69 Å². The number of hydrogen-bond donors (Lipinski definition) is 3. The molecule has 27 heavy (non-hydrogen) atoms. The number of nitrogens with one attached hydrogen (secondary N) is 3. The van der Waals surface area contributed by atoms with E-state index in [0.29, 0.717) is 0 Å². The van der Waals surface area contributed by atoms with Crippen molar-refractivity contribution in [3.63, 3.8) is 0 Å². The predicted molar refractivity (Wildman–Crippen MR) is 116 cm³/mol. The van der Waals surface area contributed by atoms with Crippen LogP contribution in [0.2, 0.25) is 0 Å². The Morgan fingerprint density at radius 2 is 1.96 bits per heavy atom. The molecule has 0 saturated heterocycles. The Morgan fingerprint density at radius 3 is 2.70 bits per heavy atom. The van der Waals surface area contributed by atoms with Crippen molar-refractivity contribution in [2.24, 2.45) is 5.92 Å². The van der Waals surface area contributed by atoms with Gasteiger partial charge in [-0.15, -0.1) is 24.8 Å². The van der Waals surface area contributed by atoms with Gasteiger partial charge in [0, 0.05) is 18.7 Å². The Kier molecular flexibility index (Phi) is 7.83. The summed E-state index contributed by atoms with van der Waals surface area (Å²) in [6.45, 7) is 2.78. The van der Waals surface area contributed by atoms with Crippen LogP contribution in [-0.2, 0) is 13.0 Å². The Bertz CT molecular complexity index is 832. The molecule has 2 aliphatic rings. The number of halogens is 2. The molecule has 3 N–H and O–H groups in total. The molecule has 5 nitrogen and oxygen atoms in total. The molecule has 0 radical (unpaired) electrons. The first-order valence-corrected chi connectivity index (χ1v) is 9.46. The summed E-state index contributed by atoms with van der Waals surface area (Å²) in [6.07, 6.45) is 7.25. The summed E-state index contributed by atoms with van der Waals surface area (Å²) in [4.78, 5) is 15.5. The molecule has 1 fully saturated rings. The van der Waals surface area contributed by atoms with Crippen LogP contribution in [0.25, 0.3) is 10.9 Å². The monoisotopic (exact) mass is 413 g/mol.